The Bertz CT molecular complexity index is 640. The van der Waals surface area contributed by atoms with Gasteiger partial charge in [0.05, 0.1) is 11.5 Å². The number of rotatable bonds is 3. The van der Waals surface area contributed by atoms with Gasteiger partial charge < -0.3 is 10.2 Å². The molecule has 0 saturated carbocycles. The second-order valence-corrected chi connectivity index (χ2v) is 7.82. The van der Waals surface area contributed by atoms with E-state index in [0.717, 1.165) is 16.8 Å². The molecule has 1 unspecified atom stereocenters. The maximum Gasteiger partial charge on any atom is 0.322 e. The van der Waals surface area contributed by atoms with Gasteiger partial charge in [0.25, 0.3) is 0 Å². The van der Waals surface area contributed by atoms with Gasteiger partial charge in [-0.3, -0.25) is 0 Å². The smallest absolute Gasteiger partial charge is 0.321 e. The summed E-state index contributed by atoms with van der Waals surface area (Å²) in [7, 11) is -2.99. The first-order valence-corrected chi connectivity index (χ1v) is 9.00. The summed E-state index contributed by atoms with van der Waals surface area (Å²) >= 11 is 0. The Balaban J connectivity index is 2.12. The van der Waals surface area contributed by atoms with E-state index >= 15 is 0 Å². The van der Waals surface area contributed by atoms with Crippen LogP contribution in [0.25, 0.3) is 0 Å². The predicted molar refractivity (Wildman–Crippen MR) is 84.4 cm³/mol. The van der Waals surface area contributed by atoms with Crippen LogP contribution in [0, 0.1) is 13.8 Å². The zero-order valence-electron chi connectivity index (χ0n) is 12.7. The lowest BCUT2D eigenvalue weighted by Crippen LogP contribution is -2.43. The molecule has 0 radical (unpaired) electrons. The van der Waals surface area contributed by atoms with Crippen LogP contribution in [0.2, 0.25) is 0 Å². The molecule has 1 aromatic rings. The number of urea groups is 1. The number of benzene rings is 1. The molecule has 5 nitrogen and oxygen atoms in total. The van der Waals surface area contributed by atoms with Crippen molar-refractivity contribution < 1.29 is 13.2 Å². The van der Waals surface area contributed by atoms with E-state index in [0.29, 0.717) is 13.0 Å². The molecule has 1 aromatic carbocycles. The van der Waals surface area contributed by atoms with E-state index in [1.165, 1.54) is 0 Å². The minimum atomic E-state index is -2.99. The highest BCUT2D eigenvalue weighted by Gasteiger charge is 2.34. The molecule has 116 valence electrons. The number of anilines is 1. The van der Waals surface area contributed by atoms with E-state index in [1.54, 1.807) is 4.90 Å². The second-order valence-electron chi connectivity index (χ2n) is 5.59. The van der Waals surface area contributed by atoms with Crippen LogP contribution in [0.5, 0.6) is 0 Å². The lowest BCUT2D eigenvalue weighted by molar-refractivity contribution is 0.197. The number of carbonyl (C=O) groups is 1. The van der Waals surface area contributed by atoms with Crippen molar-refractivity contribution in [3.8, 4) is 0 Å². The summed E-state index contributed by atoms with van der Waals surface area (Å²) in [5.41, 5.74) is 2.84. The Hall–Kier alpha value is -1.56. The van der Waals surface area contributed by atoms with Crippen LogP contribution >= 0.6 is 0 Å². The van der Waals surface area contributed by atoms with Gasteiger partial charge in [0.1, 0.15) is 0 Å². The molecule has 1 fully saturated rings. The number of nitrogens with zero attached hydrogens (tertiary/aromatic N) is 1. The van der Waals surface area contributed by atoms with Crippen LogP contribution in [0.15, 0.2) is 18.2 Å². The quantitative estimate of drug-likeness (QED) is 0.932. The summed E-state index contributed by atoms with van der Waals surface area (Å²) in [4.78, 5) is 14.0. The van der Waals surface area contributed by atoms with Gasteiger partial charge in [-0.2, -0.15) is 0 Å². The largest absolute Gasteiger partial charge is 0.322 e. The van der Waals surface area contributed by atoms with E-state index in [4.69, 9.17) is 0 Å². The maximum atomic E-state index is 12.4. The molecule has 0 bridgehead atoms. The molecule has 2 rings (SSSR count). The second kappa shape index (κ2) is 6.05. The van der Waals surface area contributed by atoms with Crippen LogP contribution < -0.4 is 5.32 Å². The van der Waals surface area contributed by atoms with Crippen molar-refractivity contribution in [2.24, 2.45) is 0 Å². The molecule has 2 amide bonds. The summed E-state index contributed by atoms with van der Waals surface area (Å²) in [6, 6.07) is 5.43. The highest BCUT2D eigenvalue weighted by atomic mass is 32.2. The number of hydrogen-bond acceptors (Lipinski definition) is 3. The average Bonchev–Trinajstić information content (AvgIpc) is 2.75. The summed E-state index contributed by atoms with van der Waals surface area (Å²) in [5.74, 6) is 0.242. The third-order valence-corrected chi connectivity index (χ3v) is 5.64. The number of nitrogens with one attached hydrogen (secondary N) is 1. The van der Waals surface area contributed by atoms with Crippen molar-refractivity contribution in [2.45, 2.75) is 33.2 Å². The number of sulfone groups is 1. The standard InChI is InChI=1S/C15H22N2O3S/c1-4-17(13-7-8-21(19,20)10-13)15(18)16-14-9-11(2)5-6-12(14)3/h5-6,9,13H,4,7-8,10H2,1-3H3,(H,16,18). The average molecular weight is 310 g/mol. The van der Waals surface area contributed by atoms with Crippen LogP contribution in [0.1, 0.15) is 24.5 Å². The fourth-order valence-electron chi connectivity index (χ4n) is 2.65. The van der Waals surface area contributed by atoms with Gasteiger partial charge in [0.15, 0.2) is 9.84 Å². The Morgan fingerprint density at radius 2 is 2.10 bits per heavy atom. The van der Waals surface area contributed by atoms with Gasteiger partial charge in [-0.15, -0.1) is 0 Å². The van der Waals surface area contributed by atoms with Crippen LogP contribution in [-0.4, -0.2) is 43.4 Å². The molecule has 6 heteroatoms. The molecule has 21 heavy (non-hydrogen) atoms. The Labute approximate surface area is 126 Å². The lowest BCUT2D eigenvalue weighted by atomic mass is 10.1. The third-order valence-electron chi connectivity index (χ3n) is 3.89. The normalized spacial score (nSPS) is 20.2. The summed E-state index contributed by atoms with van der Waals surface area (Å²) in [5, 5.41) is 2.90. The number of aryl methyl sites for hydroxylation is 2. The molecule has 1 aliphatic rings. The van der Waals surface area contributed by atoms with Crippen LogP contribution in [0.4, 0.5) is 10.5 Å². The van der Waals surface area contributed by atoms with E-state index in [-0.39, 0.29) is 23.6 Å². The van der Waals surface area contributed by atoms with Crippen molar-refractivity contribution in [1.29, 1.82) is 0 Å². The molecular formula is C15H22N2O3S. The van der Waals surface area contributed by atoms with E-state index in [1.807, 2.05) is 39.0 Å². The van der Waals surface area contributed by atoms with Crippen molar-refractivity contribution >= 4 is 21.6 Å². The molecule has 1 heterocycles. The first kappa shape index (κ1) is 15.8. The van der Waals surface area contributed by atoms with E-state index < -0.39 is 9.84 Å². The summed E-state index contributed by atoms with van der Waals surface area (Å²) < 4.78 is 23.2. The first-order valence-electron chi connectivity index (χ1n) is 7.17. The monoisotopic (exact) mass is 310 g/mol. The topological polar surface area (TPSA) is 66.5 Å². The fraction of sp³-hybridized carbons (Fsp3) is 0.533. The first-order chi connectivity index (χ1) is 9.82. The molecule has 1 aliphatic heterocycles. The number of carbonyl (C=O) groups excluding carboxylic acids is 1. The molecular weight excluding hydrogens is 288 g/mol. The zero-order valence-corrected chi connectivity index (χ0v) is 13.5. The van der Waals surface area contributed by atoms with Crippen molar-refractivity contribution in [3.63, 3.8) is 0 Å². The van der Waals surface area contributed by atoms with Crippen molar-refractivity contribution in [2.75, 3.05) is 23.4 Å². The van der Waals surface area contributed by atoms with Gasteiger partial charge >= 0.3 is 6.03 Å². The van der Waals surface area contributed by atoms with Gasteiger partial charge in [0, 0.05) is 18.3 Å². The lowest BCUT2D eigenvalue weighted by Gasteiger charge is -2.27. The highest BCUT2D eigenvalue weighted by molar-refractivity contribution is 7.91. The van der Waals surface area contributed by atoms with E-state index in [2.05, 4.69) is 5.32 Å². The van der Waals surface area contributed by atoms with Crippen molar-refractivity contribution in [1.82, 2.24) is 4.90 Å². The van der Waals surface area contributed by atoms with Crippen LogP contribution in [0.3, 0.4) is 0 Å². The molecule has 0 aliphatic carbocycles. The zero-order chi connectivity index (χ0) is 15.6. The minimum Gasteiger partial charge on any atom is -0.321 e. The maximum absolute atomic E-state index is 12.4. The van der Waals surface area contributed by atoms with Crippen LogP contribution in [-0.2, 0) is 9.84 Å². The summed E-state index contributed by atoms with van der Waals surface area (Å²) in [6.45, 7) is 6.27. The molecule has 1 atom stereocenters. The molecule has 0 aromatic heterocycles. The third kappa shape index (κ3) is 3.75. The Morgan fingerprint density at radius 3 is 2.67 bits per heavy atom. The van der Waals surface area contributed by atoms with Gasteiger partial charge in [-0.05, 0) is 44.4 Å². The summed E-state index contributed by atoms with van der Waals surface area (Å²) in [6.07, 6.45) is 0.524. The molecule has 1 N–H and O–H groups in total. The predicted octanol–water partition coefficient (Wildman–Crippen LogP) is 2.34. The number of hydrogen-bond donors (Lipinski definition) is 1. The minimum absolute atomic E-state index is 0.0705. The Kier molecular flexibility index (Phi) is 4.56. The van der Waals surface area contributed by atoms with Gasteiger partial charge in [0.2, 0.25) is 0 Å². The van der Waals surface area contributed by atoms with Crippen molar-refractivity contribution in [3.05, 3.63) is 29.3 Å². The Morgan fingerprint density at radius 1 is 1.38 bits per heavy atom. The highest BCUT2D eigenvalue weighted by Crippen LogP contribution is 2.21. The molecule has 0 spiro atoms. The number of amides is 2. The fourth-order valence-corrected chi connectivity index (χ4v) is 4.38. The SMILES string of the molecule is CCN(C(=O)Nc1cc(C)ccc1C)C1CCS(=O)(=O)C1. The van der Waals surface area contributed by atoms with Gasteiger partial charge in [-0.25, -0.2) is 13.2 Å². The van der Waals surface area contributed by atoms with Gasteiger partial charge in [-0.1, -0.05) is 12.1 Å². The van der Waals surface area contributed by atoms with E-state index in [9.17, 15) is 13.2 Å². The molecule has 1 saturated heterocycles.